The van der Waals surface area contributed by atoms with E-state index < -0.39 is 29.7 Å². The fraction of sp³-hybridized carbons (Fsp3) is 0.0345. The van der Waals surface area contributed by atoms with Crippen LogP contribution < -0.4 is 18.9 Å². The Balaban J connectivity index is 2.01. The molecule has 0 spiro atoms. The molecule has 192 valence electrons. The quantitative estimate of drug-likeness (QED) is 0.213. The van der Waals surface area contributed by atoms with Crippen molar-refractivity contribution in [3.8, 4) is 45.3 Å². The van der Waals surface area contributed by atoms with Gasteiger partial charge in [-0.3, -0.25) is 4.79 Å². The van der Waals surface area contributed by atoms with Gasteiger partial charge in [0.25, 0.3) is 0 Å². The van der Waals surface area contributed by atoms with Crippen molar-refractivity contribution in [1.29, 1.82) is 0 Å². The van der Waals surface area contributed by atoms with Crippen LogP contribution in [-0.4, -0.2) is 23.9 Å². The van der Waals surface area contributed by atoms with Crippen molar-refractivity contribution in [3.63, 3.8) is 0 Å². The Morgan fingerprint density at radius 3 is 1.53 bits per heavy atom. The number of esters is 4. The molecule has 0 amide bonds. The van der Waals surface area contributed by atoms with E-state index in [0.29, 0.717) is 16.7 Å². The van der Waals surface area contributed by atoms with Gasteiger partial charge in [-0.2, -0.15) is 0 Å². The van der Waals surface area contributed by atoms with Crippen molar-refractivity contribution in [1.82, 2.24) is 0 Å². The second kappa shape index (κ2) is 12.1. The second-order valence-electron chi connectivity index (χ2n) is 7.49. The van der Waals surface area contributed by atoms with E-state index >= 15 is 4.39 Å². The summed E-state index contributed by atoms with van der Waals surface area (Å²) in [6.45, 7) is 11.2. The first-order chi connectivity index (χ1) is 18.1. The maximum atomic E-state index is 15.3. The standard InChI is InChI=1S/C29H21FO8/c1-5-27(32)36-24-12-9-19(15-25(24)37-28(33)6-2)18-8-11-21(22(30)14-18)20-10-13-23(35-17(4)31)26(16-20)38-29(34)7-3/h5-16H,1-3H2,4H3. The molecule has 0 bridgehead atoms. The largest absolute Gasteiger partial charge is 0.423 e. The highest BCUT2D eigenvalue weighted by atomic mass is 19.1. The second-order valence-corrected chi connectivity index (χ2v) is 7.49. The van der Waals surface area contributed by atoms with Gasteiger partial charge in [0, 0.05) is 30.7 Å². The third-order valence-corrected chi connectivity index (χ3v) is 4.89. The number of rotatable bonds is 9. The summed E-state index contributed by atoms with van der Waals surface area (Å²) in [5.74, 6) is -3.84. The smallest absolute Gasteiger partial charge is 0.335 e. The number of hydrogen-bond donors (Lipinski definition) is 0. The first-order valence-corrected chi connectivity index (χ1v) is 10.9. The van der Waals surface area contributed by atoms with Crippen molar-refractivity contribution in [2.24, 2.45) is 0 Å². The maximum Gasteiger partial charge on any atom is 0.335 e. The van der Waals surface area contributed by atoms with Gasteiger partial charge in [0.1, 0.15) is 5.82 Å². The van der Waals surface area contributed by atoms with Gasteiger partial charge in [-0.15, -0.1) is 0 Å². The van der Waals surface area contributed by atoms with Crippen LogP contribution in [-0.2, 0) is 19.2 Å². The van der Waals surface area contributed by atoms with E-state index in [1.165, 1.54) is 49.4 Å². The molecule has 0 fully saturated rings. The molecule has 0 aliphatic heterocycles. The zero-order valence-corrected chi connectivity index (χ0v) is 20.2. The summed E-state index contributed by atoms with van der Waals surface area (Å²) in [4.78, 5) is 46.5. The lowest BCUT2D eigenvalue weighted by Gasteiger charge is -2.13. The number of ether oxygens (including phenoxy) is 4. The van der Waals surface area contributed by atoms with Gasteiger partial charge in [0.2, 0.25) is 0 Å². The summed E-state index contributed by atoms with van der Waals surface area (Å²) in [7, 11) is 0. The van der Waals surface area contributed by atoms with Crippen molar-refractivity contribution >= 4 is 23.9 Å². The maximum absolute atomic E-state index is 15.3. The van der Waals surface area contributed by atoms with Crippen LogP contribution in [0.5, 0.6) is 23.0 Å². The highest BCUT2D eigenvalue weighted by Gasteiger charge is 2.17. The van der Waals surface area contributed by atoms with Crippen LogP contribution in [0.1, 0.15) is 6.92 Å². The molecule has 3 aromatic rings. The number of hydrogen-bond acceptors (Lipinski definition) is 8. The molecule has 0 heterocycles. The Labute approximate surface area is 217 Å². The molecule has 0 aromatic heterocycles. The summed E-state index contributed by atoms with van der Waals surface area (Å²) in [6, 6.07) is 12.9. The number of carbonyl (C=O) groups is 4. The molecule has 8 nitrogen and oxygen atoms in total. The number of benzene rings is 3. The molecular formula is C29H21FO8. The van der Waals surface area contributed by atoms with Gasteiger partial charge in [-0.05, 0) is 47.0 Å². The summed E-state index contributed by atoms with van der Waals surface area (Å²) >= 11 is 0. The van der Waals surface area contributed by atoms with Crippen LogP contribution in [0, 0.1) is 5.82 Å². The molecule has 9 heteroatoms. The molecular weight excluding hydrogens is 495 g/mol. The average molecular weight is 516 g/mol. The van der Waals surface area contributed by atoms with E-state index in [0.717, 1.165) is 18.2 Å². The highest BCUT2D eigenvalue weighted by Crippen LogP contribution is 2.37. The Morgan fingerprint density at radius 1 is 0.605 bits per heavy atom. The topological polar surface area (TPSA) is 105 Å². The summed E-state index contributed by atoms with van der Waals surface area (Å²) < 4.78 is 35.7. The van der Waals surface area contributed by atoms with Crippen molar-refractivity contribution in [2.45, 2.75) is 6.92 Å². The monoisotopic (exact) mass is 516 g/mol. The molecule has 0 saturated carbocycles. The lowest BCUT2D eigenvalue weighted by molar-refractivity contribution is -0.133. The normalized spacial score (nSPS) is 10.1. The van der Waals surface area contributed by atoms with Gasteiger partial charge in [0.05, 0.1) is 0 Å². The Hall–Kier alpha value is -5.31. The fourth-order valence-corrected chi connectivity index (χ4v) is 3.23. The minimum atomic E-state index is -0.790. The lowest BCUT2D eigenvalue weighted by Crippen LogP contribution is -2.08. The van der Waals surface area contributed by atoms with Crippen molar-refractivity contribution in [2.75, 3.05) is 0 Å². The van der Waals surface area contributed by atoms with Crippen LogP contribution in [0.2, 0.25) is 0 Å². The van der Waals surface area contributed by atoms with Crippen molar-refractivity contribution in [3.05, 3.63) is 98.4 Å². The Kier molecular flexibility index (Phi) is 8.68. The van der Waals surface area contributed by atoms with Crippen LogP contribution in [0.4, 0.5) is 4.39 Å². The van der Waals surface area contributed by atoms with E-state index in [1.54, 1.807) is 12.1 Å². The first kappa shape index (κ1) is 27.3. The van der Waals surface area contributed by atoms with E-state index in [4.69, 9.17) is 18.9 Å². The molecule has 0 unspecified atom stereocenters. The van der Waals surface area contributed by atoms with E-state index in [1.807, 2.05) is 0 Å². The predicted octanol–water partition coefficient (Wildman–Crippen LogP) is 5.36. The van der Waals surface area contributed by atoms with Crippen LogP contribution in [0.15, 0.2) is 92.6 Å². The minimum Gasteiger partial charge on any atom is -0.423 e. The van der Waals surface area contributed by atoms with Gasteiger partial charge < -0.3 is 18.9 Å². The minimum absolute atomic E-state index is 0.0210. The molecule has 0 aliphatic rings. The van der Waals surface area contributed by atoms with Crippen LogP contribution >= 0.6 is 0 Å². The number of carbonyl (C=O) groups excluding carboxylic acids is 4. The van der Waals surface area contributed by atoms with E-state index in [9.17, 15) is 19.2 Å². The van der Waals surface area contributed by atoms with Gasteiger partial charge in [-0.1, -0.05) is 44.0 Å². The SMILES string of the molecule is C=CC(=O)Oc1cc(-c2ccc(-c3ccc(OC(=O)C=C)c(OC(=O)C=C)c3)cc2F)ccc1OC(C)=O. The molecule has 3 rings (SSSR count). The predicted molar refractivity (Wildman–Crippen MR) is 136 cm³/mol. The average Bonchev–Trinajstić information content (AvgIpc) is 2.90. The zero-order valence-electron chi connectivity index (χ0n) is 20.2. The van der Waals surface area contributed by atoms with Crippen molar-refractivity contribution < 1.29 is 42.5 Å². The summed E-state index contributed by atoms with van der Waals surface area (Å²) in [5, 5.41) is 0. The molecule has 38 heavy (non-hydrogen) atoms. The summed E-state index contributed by atoms with van der Waals surface area (Å²) in [5.41, 5.74) is 1.36. The van der Waals surface area contributed by atoms with Gasteiger partial charge in [-0.25, -0.2) is 18.8 Å². The Morgan fingerprint density at radius 2 is 1.03 bits per heavy atom. The molecule has 0 atom stereocenters. The molecule has 0 radical (unpaired) electrons. The zero-order chi connectivity index (χ0) is 27.8. The molecule has 3 aromatic carbocycles. The van der Waals surface area contributed by atoms with Crippen LogP contribution in [0.25, 0.3) is 22.3 Å². The summed E-state index contributed by atoms with van der Waals surface area (Å²) in [6.07, 6.45) is 2.82. The number of halogens is 1. The first-order valence-electron chi connectivity index (χ1n) is 10.9. The van der Waals surface area contributed by atoms with Gasteiger partial charge in [0.15, 0.2) is 23.0 Å². The Bertz CT molecular complexity index is 1470. The van der Waals surface area contributed by atoms with Crippen LogP contribution in [0.3, 0.4) is 0 Å². The van der Waals surface area contributed by atoms with E-state index in [-0.39, 0.29) is 28.6 Å². The highest BCUT2D eigenvalue weighted by molar-refractivity contribution is 5.87. The molecule has 0 saturated heterocycles. The molecule has 0 aliphatic carbocycles. The third-order valence-electron chi connectivity index (χ3n) is 4.89. The molecule has 0 N–H and O–H groups in total. The fourth-order valence-electron chi connectivity index (χ4n) is 3.23. The van der Waals surface area contributed by atoms with E-state index in [2.05, 4.69) is 19.7 Å². The third kappa shape index (κ3) is 6.67. The lowest BCUT2D eigenvalue weighted by atomic mass is 9.99. The van der Waals surface area contributed by atoms with Gasteiger partial charge >= 0.3 is 23.9 Å².